The third-order valence-corrected chi connectivity index (χ3v) is 2.19. The van der Waals surface area contributed by atoms with Gasteiger partial charge in [0.2, 0.25) is 0 Å². The molecule has 0 amide bonds. The quantitative estimate of drug-likeness (QED) is 0.628. The van der Waals surface area contributed by atoms with Gasteiger partial charge in [-0.2, -0.15) is 5.10 Å². The number of hydrogen-bond acceptors (Lipinski definition) is 1. The van der Waals surface area contributed by atoms with Gasteiger partial charge in [0.15, 0.2) is 0 Å². The molecule has 2 nitrogen and oxygen atoms in total. The molecule has 0 saturated carbocycles. The fourth-order valence-corrected chi connectivity index (χ4v) is 1.13. The summed E-state index contributed by atoms with van der Waals surface area (Å²) >= 11 is 0. The molecular weight excluding hydrogens is 232 g/mol. The summed E-state index contributed by atoms with van der Waals surface area (Å²) in [6, 6.07) is 0. The van der Waals surface area contributed by atoms with Crippen LogP contribution in [-0.2, 0) is 13.5 Å². The SMILES string of the molecule is C/C=C\CC.CC.CCC.CCc1cnn(C)c1C. The van der Waals surface area contributed by atoms with Gasteiger partial charge in [0, 0.05) is 12.7 Å². The van der Waals surface area contributed by atoms with Crippen molar-refractivity contribution >= 4 is 0 Å². The number of allylic oxidation sites excluding steroid dienone is 2. The lowest BCUT2D eigenvalue weighted by molar-refractivity contribution is 0.738. The minimum atomic E-state index is 1.08. The summed E-state index contributed by atoms with van der Waals surface area (Å²) in [5.74, 6) is 0. The van der Waals surface area contributed by atoms with E-state index in [-0.39, 0.29) is 0 Å². The van der Waals surface area contributed by atoms with Crippen LogP contribution in [0.15, 0.2) is 18.3 Å². The highest BCUT2D eigenvalue weighted by Gasteiger charge is 1.98. The van der Waals surface area contributed by atoms with Gasteiger partial charge < -0.3 is 0 Å². The molecule has 0 atom stereocenters. The Kier molecular flexibility index (Phi) is 23.4. The molecule has 1 heterocycles. The first-order chi connectivity index (χ1) is 9.08. The molecule has 19 heavy (non-hydrogen) atoms. The first kappa shape index (κ1) is 23.1. The topological polar surface area (TPSA) is 17.8 Å². The van der Waals surface area contributed by atoms with Gasteiger partial charge in [-0.15, -0.1) is 0 Å². The van der Waals surface area contributed by atoms with Crippen LogP contribution >= 0.6 is 0 Å². The zero-order chi connectivity index (χ0) is 15.7. The highest BCUT2D eigenvalue weighted by molar-refractivity contribution is 5.14. The van der Waals surface area contributed by atoms with Gasteiger partial charge in [-0.05, 0) is 32.3 Å². The number of hydrogen-bond donors (Lipinski definition) is 0. The zero-order valence-corrected chi connectivity index (χ0v) is 14.7. The van der Waals surface area contributed by atoms with Crippen LogP contribution in [0.5, 0.6) is 0 Å². The highest BCUT2D eigenvalue weighted by Crippen LogP contribution is 2.04. The van der Waals surface area contributed by atoms with Gasteiger partial charge in [-0.25, -0.2) is 0 Å². The third-order valence-electron chi connectivity index (χ3n) is 2.19. The summed E-state index contributed by atoms with van der Waals surface area (Å²) in [7, 11) is 1.97. The summed E-state index contributed by atoms with van der Waals surface area (Å²) in [5, 5.41) is 4.10. The number of rotatable bonds is 2. The number of aromatic nitrogens is 2. The van der Waals surface area contributed by atoms with E-state index in [9.17, 15) is 0 Å². The fraction of sp³-hybridized carbons (Fsp3) is 0.706. The smallest absolute Gasteiger partial charge is 0.0524 e. The summed E-state index contributed by atoms with van der Waals surface area (Å²) in [6.45, 7) is 16.6. The van der Waals surface area contributed by atoms with Crippen molar-refractivity contribution in [2.24, 2.45) is 7.05 Å². The minimum Gasteiger partial charge on any atom is -0.273 e. The second-order valence-corrected chi connectivity index (χ2v) is 3.92. The van der Waals surface area contributed by atoms with Gasteiger partial charge >= 0.3 is 0 Å². The average Bonchev–Trinajstić information content (AvgIpc) is 2.74. The molecule has 0 aliphatic rings. The molecule has 0 spiro atoms. The van der Waals surface area contributed by atoms with Crippen molar-refractivity contribution < 1.29 is 0 Å². The lowest BCUT2D eigenvalue weighted by Gasteiger charge is -1.93. The van der Waals surface area contributed by atoms with Crippen molar-refractivity contribution in [2.45, 2.75) is 74.7 Å². The Hall–Kier alpha value is -1.05. The molecule has 0 aliphatic carbocycles. The van der Waals surface area contributed by atoms with Crippen LogP contribution < -0.4 is 0 Å². The van der Waals surface area contributed by atoms with E-state index in [4.69, 9.17) is 0 Å². The van der Waals surface area contributed by atoms with Crippen molar-refractivity contribution in [3.8, 4) is 0 Å². The molecule has 0 aliphatic heterocycles. The molecule has 1 aromatic heterocycles. The zero-order valence-electron chi connectivity index (χ0n) is 14.7. The van der Waals surface area contributed by atoms with E-state index in [1.807, 2.05) is 38.7 Å². The Balaban J connectivity index is -0.000000219. The average molecular weight is 268 g/mol. The summed E-state index contributed by atoms with van der Waals surface area (Å²) in [6.07, 6.45) is 9.60. The molecule has 0 N–H and O–H groups in total. The van der Waals surface area contributed by atoms with Crippen LogP contribution in [0.2, 0.25) is 0 Å². The Morgan fingerprint density at radius 2 is 1.63 bits per heavy atom. The van der Waals surface area contributed by atoms with Crippen molar-refractivity contribution in [1.29, 1.82) is 0 Å². The van der Waals surface area contributed by atoms with Crippen LogP contribution in [0.3, 0.4) is 0 Å². The Bertz CT molecular complexity index is 285. The van der Waals surface area contributed by atoms with Crippen molar-refractivity contribution in [3.63, 3.8) is 0 Å². The first-order valence-electron chi connectivity index (χ1n) is 7.67. The molecule has 0 fully saturated rings. The number of aryl methyl sites for hydroxylation is 2. The second kappa shape index (κ2) is 19.3. The predicted octanol–water partition coefficient (Wildman–Crippen LogP) is 5.71. The maximum absolute atomic E-state index is 4.10. The van der Waals surface area contributed by atoms with Gasteiger partial charge in [0.05, 0.1) is 6.20 Å². The largest absolute Gasteiger partial charge is 0.273 e. The van der Waals surface area contributed by atoms with E-state index in [0.717, 1.165) is 12.8 Å². The van der Waals surface area contributed by atoms with E-state index in [2.05, 4.69) is 51.9 Å². The standard InChI is InChI=1S/C7H12N2.C5H10.C3H8.C2H6/c1-4-7-5-8-9(3)6(7)2;1-3-5-4-2;1-3-2;1-2/h5H,4H2,1-3H3;3,5H,4H2,1-2H3;3H2,1-2H3;1-2H3/b;5-3-;;. The van der Waals surface area contributed by atoms with Crippen molar-refractivity contribution in [3.05, 3.63) is 29.6 Å². The van der Waals surface area contributed by atoms with E-state index in [0.29, 0.717) is 0 Å². The van der Waals surface area contributed by atoms with E-state index < -0.39 is 0 Å². The molecule has 0 unspecified atom stereocenters. The Labute approximate surface area is 121 Å². The molecule has 1 aromatic rings. The van der Waals surface area contributed by atoms with Gasteiger partial charge in [-0.3, -0.25) is 4.68 Å². The minimum absolute atomic E-state index is 1.08. The molecule has 1 rings (SSSR count). The summed E-state index contributed by atoms with van der Waals surface area (Å²) < 4.78 is 1.90. The summed E-state index contributed by atoms with van der Waals surface area (Å²) in [4.78, 5) is 0. The lowest BCUT2D eigenvalue weighted by atomic mass is 10.2. The predicted molar refractivity (Wildman–Crippen MR) is 89.7 cm³/mol. The van der Waals surface area contributed by atoms with Gasteiger partial charge in [0.25, 0.3) is 0 Å². The van der Waals surface area contributed by atoms with Gasteiger partial charge in [-0.1, -0.05) is 60.1 Å². The molecule has 114 valence electrons. The second-order valence-electron chi connectivity index (χ2n) is 3.92. The Morgan fingerprint density at radius 3 is 1.74 bits per heavy atom. The van der Waals surface area contributed by atoms with Crippen LogP contribution in [0, 0.1) is 6.92 Å². The van der Waals surface area contributed by atoms with E-state index in [1.165, 1.54) is 17.7 Å². The summed E-state index contributed by atoms with van der Waals surface area (Å²) in [5.41, 5.74) is 2.62. The molecule has 0 bridgehead atoms. The molecule has 0 radical (unpaired) electrons. The molecule has 2 heteroatoms. The molecular formula is C17H36N2. The normalized spacial score (nSPS) is 8.68. The van der Waals surface area contributed by atoms with Crippen LogP contribution in [0.4, 0.5) is 0 Å². The van der Waals surface area contributed by atoms with Crippen LogP contribution in [0.25, 0.3) is 0 Å². The third kappa shape index (κ3) is 14.9. The highest BCUT2D eigenvalue weighted by atomic mass is 15.3. The fourth-order valence-electron chi connectivity index (χ4n) is 1.13. The van der Waals surface area contributed by atoms with Crippen molar-refractivity contribution in [1.82, 2.24) is 9.78 Å². The number of nitrogens with zero attached hydrogens (tertiary/aromatic N) is 2. The van der Waals surface area contributed by atoms with Crippen LogP contribution in [0.1, 0.15) is 72.6 Å². The lowest BCUT2D eigenvalue weighted by Crippen LogP contribution is -1.93. The maximum Gasteiger partial charge on any atom is 0.0524 e. The monoisotopic (exact) mass is 268 g/mol. The van der Waals surface area contributed by atoms with E-state index in [1.54, 1.807) is 0 Å². The maximum atomic E-state index is 4.10. The van der Waals surface area contributed by atoms with Crippen molar-refractivity contribution in [2.75, 3.05) is 0 Å². The molecule has 0 saturated heterocycles. The first-order valence-corrected chi connectivity index (χ1v) is 7.67. The Morgan fingerprint density at radius 1 is 1.16 bits per heavy atom. The van der Waals surface area contributed by atoms with Gasteiger partial charge in [0.1, 0.15) is 0 Å². The molecule has 0 aromatic carbocycles. The van der Waals surface area contributed by atoms with E-state index >= 15 is 0 Å². The van der Waals surface area contributed by atoms with Crippen LogP contribution in [-0.4, -0.2) is 9.78 Å².